The third-order valence-corrected chi connectivity index (χ3v) is 16.0. The number of aromatic nitrogens is 2. The van der Waals surface area contributed by atoms with Gasteiger partial charge in [-0.1, -0.05) is 37.5 Å². The van der Waals surface area contributed by atoms with Gasteiger partial charge in [0.05, 0.1) is 27.9 Å². The van der Waals surface area contributed by atoms with Crippen LogP contribution >= 0.6 is 15.9 Å². The molecule has 304 valence electrons. The maximum Gasteiger partial charge on any atom is 0.281 e. The van der Waals surface area contributed by atoms with Crippen molar-refractivity contribution in [2.75, 3.05) is 37.6 Å². The first-order valence-corrected chi connectivity index (χ1v) is 22.6. The lowest BCUT2D eigenvalue weighted by atomic mass is 9.69. The summed E-state index contributed by atoms with van der Waals surface area (Å²) in [5.74, 6) is -1.25. The fraction of sp³-hybridized carbons (Fsp3) is 0.532. The van der Waals surface area contributed by atoms with E-state index in [-0.39, 0.29) is 34.8 Å². The van der Waals surface area contributed by atoms with Gasteiger partial charge in [-0.15, -0.1) is 0 Å². The number of nitrogens with one attached hydrogen (secondary N) is 1. The van der Waals surface area contributed by atoms with Gasteiger partial charge in [0.2, 0.25) is 11.8 Å². The highest BCUT2D eigenvalue weighted by molar-refractivity contribution is 9.10. The maximum atomic E-state index is 15.3. The van der Waals surface area contributed by atoms with Crippen molar-refractivity contribution in [1.29, 1.82) is 0 Å². The summed E-state index contributed by atoms with van der Waals surface area (Å²) in [7, 11) is 0. The second-order valence-corrected chi connectivity index (χ2v) is 19.3. The predicted octanol–water partition coefficient (Wildman–Crippen LogP) is 9.17. The first-order valence-electron chi connectivity index (χ1n) is 21.8. The molecular formula is C47H52BrF2N5O3. The molecule has 4 aromatic rings. The predicted molar refractivity (Wildman–Crippen MR) is 225 cm³/mol. The molecule has 6 aliphatic rings. The molecule has 0 radical (unpaired) electrons. The highest BCUT2D eigenvalue weighted by Gasteiger charge is 2.47. The molecule has 3 aromatic carbocycles. The molecule has 2 aliphatic carbocycles. The molecule has 2 saturated carbocycles. The summed E-state index contributed by atoms with van der Waals surface area (Å²) in [6.07, 6.45) is 15.0. The summed E-state index contributed by atoms with van der Waals surface area (Å²) in [6, 6.07) is 16.0. The lowest BCUT2D eigenvalue weighted by molar-refractivity contribution is -0.134. The number of likely N-dealkylation sites (tertiary alicyclic amines) is 1. The van der Waals surface area contributed by atoms with Crippen molar-refractivity contribution < 1.29 is 18.4 Å². The van der Waals surface area contributed by atoms with E-state index in [0.29, 0.717) is 22.9 Å². The standard InChI is InChI=1S/C47H52BrF2N5O3/c48-35-5-4-6-38-42(35)44(58)52-45-47(15-2-1-3-16-47)34-13-11-31(25-39(34)55(38)45)30-9-7-29(8-10-30)28-53-21-17-46(18-22-53)19-23-54(24-20-46)32-26-36(49)41(37(50)27-32)33-12-14-40(56)51-43(33)57/h4-6,11,13,25-27,29-30,33H,1-3,7-10,12,14-24,28H2,(H,51,56,57). The fourth-order valence-corrected chi connectivity index (χ4v) is 12.5. The summed E-state index contributed by atoms with van der Waals surface area (Å²) in [5.41, 5.74) is 5.20. The number of halogens is 3. The van der Waals surface area contributed by atoms with E-state index < -0.39 is 29.4 Å². The average molecular weight is 853 g/mol. The van der Waals surface area contributed by atoms with E-state index >= 15 is 8.78 Å². The van der Waals surface area contributed by atoms with Crippen molar-refractivity contribution in [1.82, 2.24) is 19.8 Å². The average Bonchev–Trinajstić information content (AvgIpc) is 3.47. The number of anilines is 1. The molecule has 5 fully saturated rings. The number of hydrogen-bond acceptors (Lipinski definition) is 6. The Morgan fingerprint density at radius 3 is 2.22 bits per heavy atom. The Morgan fingerprint density at radius 2 is 1.52 bits per heavy atom. The molecule has 1 atom stereocenters. The number of fused-ring (bicyclic) bond motifs is 7. The number of imide groups is 1. The van der Waals surface area contributed by atoms with Gasteiger partial charge < -0.3 is 9.80 Å². The lowest BCUT2D eigenvalue weighted by Gasteiger charge is -2.48. The molecule has 5 heterocycles. The molecule has 1 N–H and O–H groups in total. The summed E-state index contributed by atoms with van der Waals surface area (Å²) >= 11 is 3.65. The maximum absolute atomic E-state index is 15.3. The Hall–Kier alpha value is -3.96. The lowest BCUT2D eigenvalue weighted by Crippen LogP contribution is -2.48. The third-order valence-electron chi connectivity index (χ3n) is 15.4. The largest absolute Gasteiger partial charge is 0.371 e. The Balaban J connectivity index is 0.757. The zero-order valence-corrected chi connectivity index (χ0v) is 34.7. The number of carbonyl (C=O) groups excluding carboxylic acids is 2. The molecule has 58 heavy (non-hydrogen) atoms. The smallest absolute Gasteiger partial charge is 0.281 e. The molecule has 3 saturated heterocycles. The van der Waals surface area contributed by atoms with Crippen LogP contribution in [0.5, 0.6) is 0 Å². The number of nitrogens with zero attached hydrogens (tertiary/aromatic N) is 4. The fourth-order valence-electron chi connectivity index (χ4n) is 12.0. The zero-order chi connectivity index (χ0) is 39.8. The first kappa shape index (κ1) is 38.3. The van der Waals surface area contributed by atoms with Crippen molar-refractivity contribution >= 4 is 44.3 Å². The van der Waals surface area contributed by atoms with Crippen molar-refractivity contribution in [2.45, 2.75) is 114 Å². The van der Waals surface area contributed by atoms with Gasteiger partial charge in [-0.2, -0.15) is 4.98 Å². The minimum atomic E-state index is -0.980. The monoisotopic (exact) mass is 851 g/mol. The van der Waals surface area contributed by atoms with Crippen LogP contribution in [0, 0.1) is 23.0 Å². The van der Waals surface area contributed by atoms with Crippen LogP contribution in [0.25, 0.3) is 16.6 Å². The molecule has 2 spiro atoms. The summed E-state index contributed by atoms with van der Waals surface area (Å²) in [4.78, 5) is 47.0. The topological polar surface area (TPSA) is 87.5 Å². The van der Waals surface area contributed by atoms with Gasteiger partial charge in [-0.3, -0.25) is 24.3 Å². The quantitative estimate of drug-likeness (QED) is 0.202. The van der Waals surface area contributed by atoms with Crippen LogP contribution in [0.2, 0.25) is 0 Å². The van der Waals surface area contributed by atoms with Gasteiger partial charge in [-0.05, 0) is 158 Å². The number of amides is 2. The van der Waals surface area contributed by atoms with E-state index in [9.17, 15) is 14.4 Å². The zero-order valence-electron chi connectivity index (χ0n) is 33.1. The third kappa shape index (κ3) is 6.53. The van der Waals surface area contributed by atoms with Crippen LogP contribution in [0.3, 0.4) is 0 Å². The van der Waals surface area contributed by atoms with Crippen LogP contribution in [0.1, 0.15) is 131 Å². The minimum Gasteiger partial charge on any atom is -0.371 e. The van der Waals surface area contributed by atoms with Gasteiger partial charge >= 0.3 is 0 Å². The second-order valence-electron chi connectivity index (χ2n) is 18.5. The van der Waals surface area contributed by atoms with E-state index in [1.165, 1.54) is 61.1 Å². The van der Waals surface area contributed by atoms with Gasteiger partial charge in [0, 0.05) is 41.8 Å². The van der Waals surface area contributed by atoms with E-state index in [1.807, 2.05) is 12.1 Å². The highest BCUT2D eigenvalue weighted by atomic mass is 79.9. The van der Waals surface area contributed by atoms with Gasteiger partial charge in [0.15, 0.2) is 0 Å². The van der Waals surface area contributed by atoms with E-state index in [1.54, 1.807) is 0 Å². The van der Waals surface area contributed by atoms with Gasteiger partial charge in [0.25, 0.3) is 5.56 Å². The van der Waals surface area contributed by atoms with E-state index in [0.717, 1.165) is 99.9 Å². The molecule has 8 nitrogen and oxygen atoms in total. The molecule has 1 aromatic heterocycles. The molecule has 2 amide bonds. The molecule has 10 rings (SSSR count). The van der Waals surface area contributed by atoms with Gasteiger partial charge in [-0.25, -0.2) is 8.78 Å². The number of hydrogen-bond donors (Lipinski definition) is 1. The first-order chi connectivity index (χ1) is 28.1. The Kier molecular flexibility index (Phi) is 9.86. The second kappa shape index (κ2) is 14.9. The van der Waals surface area contributed by atoms with E-state index in [2.05, 4.69) is 59.9 Å². The van der Waals surface area contributed by atoms with Crippen molar-refractivity contribution in [3.8, 4) is 5.69 Å². The van der Waals surface area contributed by atoms with Crippen molar-refractivity contribution in [3.63, 3.8) is 0 Å². The van der Waals surface area contributed by atoms with Crippen molar-refractivity contribution in [2.24, 2.45) is 11.3 Å². The Bertz CT molecular complexity index is 2330. The summed E-state index contributed by atoms with van der Waals surface area (Å²) < 4.78 is 33.7. The minimum absolute atomic E-state index is 0.0809. The number of carbonyl (C=O) groups is 2. The SMILES string of the molecule is O=C1CCC(c2c(F)cc(N3CCC4(CCN(CC5CCC(c6ccc7c(c6)-n6c(nc(=O)c8c(Br)cccc86)C76CCCCC6)CC5)CC4)CC3)cc2F)C(=O)N1. The molecule has 11 heteroatoms. The van der Waals surface area contributed by atoms with Gasteiger partial charge in [0.1, 0.15) is 17.5 Å². The van der Waals surface area contributed by atoms with E-state index in [4.69, 9.17) is 4.98 Å². The van der Waals surface area contributed by atoms with Crippen LogP contribution in [0.4, 0.5) is 14.5 Å². The Morgan fingerprint density at radius 1 is 0.810 bits per heavy atom. The molecule has 4 aliphatic heterocycles. The van der Waals surface area contributed by atoms with Crippen molar-refractivity contribution in [3.05, 3.63) is 97.5 Å². The highest BCUT2D eigenvalue weighted by Crippen LogP contribution is 2.53. The van der Waals surface area contributed by atoms with Crippen LogP contribution < -0.4 is 15.8 Å². The summed E-state index contributed by atoms with van der Waals surface area (Å²) in [5, 5.41) is 2.88. The van der Waals surface area contributed by atoms with Crippen LogP contribution in [-0.4, -0.2) is 59.0 Å². The molecular weight excluding hydrogens is 800 g/mol. The normalized spacial score (nSPS) is 25.6. The molecule has 0 bridgehead atoms. The van der Waals surface area contributed by atoms with Crippen LogP contribution in [-0.2, 0) is 15.0 Å². The Labute approximate surface area is 346 Å². The van der Waals surface area contributed by atoms with Crippen LogP contribution in [0.15, 0.2) is 57.8 Å². The molecule has 1 unspecified atom stereocenters. The number of piperidine rings is 3. The number of benzene rings is 3. The summed E-state index contributed by atoms with van der Waals surface area (Å²) in [6.45, 7) is 4.90. The number of rotatable bonds is 5.